The number of carbonyl (C=O) groups is 4. The molecule has 1 aliphatic rings. The minimum absolute atomic E-state index is 0.0356. The van der Waals surface area contributed by atoms with Gasteiger partial charge in [0.25, 0.3) is 0 Å². The van der Waals surface area contributed by atoms with Gasteiger partial charge >= 0.3 is 18.0 Å². The summed E-state index contributed by atoms with van der Waals surface area (Å²) >= 11 is 0. The zero-order chi connectivity index (χ0) is 21.8. The second kappa shape index (κ2) is 8.93. The van der Waals surface area contributed by atoms with Crippen molar-refractivity contribution in [2.45, 2.75) is 46.1 Å². The van der Waals surface area contributed by atoms with Gasteiger partial charge in [0.2, 0.25) is 5.91 Å². The molecule has 0 unspecified atom stereocenters. The number of ether oxygens (including phenoxy) is 3. The SMILES string of the molecule is CC(=O)N(C(=O)OC(C)(C)C)c1ccc(C(=O)OCC(=O)O)cc1OCC1CC1. The Morgan fingerprint density at radius 3 is 2.34 bits per heavy atom. The number of hydrogen-bond acceptors (Lipinski definition) is 7. The highest BCUT2D eigenvalue weighted by atomic mass is 16.6. The van der Waals surface area contributed by atoms with E-state index in [0.29, 0.717) is 12.5 Å². The number of nitrogens with zero attached hydrogens (tertiary/aromatic N) is 1. The Balaban J connectivity index is 2.35. The van der Waals surface area contributed by atoms with Gasteiger partial charge < -0.3 is 19.3 Å². The van der Waals surface area contributed by atoms with E-state index in [9.17, 15) is 19.2 Å². The number of carbonyl (C=O) groups excluding carboxylic acids is 3. The summed E-state index contributed by atoms with van der Waals surface area (Å²) in [4.78, 5) is 48.3. The van der Waals surface area contributed by atoms with Crippen molar-refractivity contribution in [2.24, 2.45) is 5.92 Å². The molecule has 1 saturated carbocycles. The summed E-state index contributed by atoms with van der Waals surface area (Å²) in [5, 5.41) is 8.65. The second-order valence-electron chi connectivity index (χ2n) is 7.74. The Kier molecular flexibility index (Phi) is 6.84. The molecule has 2 rings (SSSR count). The predicted molar refractivity (Wildman–Crippen MR) is 102 cm³/mol. The van der Waals surface area contributed by atoms with Gasteiger partial charge in [0.15, 0.2) is 6.61 Å². The van der Waals surface area contributed by atoms with Gasteiger partial charge in [-0.05, 0) is 57.7 Å². The standard InChI is InChI=1S/C20H25NO8/c1-12(22)21(19(26)29-20(2,3)4)15-8-7-14(18(25)28-11-17(23)24)9-16(15)27-10-13-5-6-13/h7-9,13H,5-6,10-11H2,1-4H3,(H,23,24). The average molecular weight is 407 g/mol. The molecule has 29 heavy (non-hydrogen) atoms. The third-order valence-electron chi connectivity index (χ3n) is 3.83. The largest absolute Gasteiger partial charge is 0.491 e. The minimum Gasteiger partial charge on any atom is -0.491 e. The molecule has 0 aromatic heterocycles. The van der Waals surface area contributed by atoms with Crippen molar-refractivity contribution in [2.75, 3.05) is 18.1 Å². The maximum Gasteiger partial charge on any atom is 0.421 e. The van der Waals surface area contributed by atoms with Crippen LogP contribution in [-0.4, -0.2) is 47.9 Å². The van der Waals surface area contributed by atoms with Gasteiger partial charge in [0.05, 0.1) is 17.9 Å². The lowest BCUT2D eigenvalue weighted by Gasteiger charge is -2.26. The summed E-state index contributed by atoms with van der Waals surface area (Å²) in [5.41, 5.74) is -0.656. The monoisotopic (exact) mass is 407 g/mol. The van der Waals surface area contributed by atoms with E-state index in [0.717, 1.165) is 17.7 Å². The molecule has 0 heterocycles. The summed E-state index contributed by atoms with van der Waals surface area (Å²) in [6, 6.07) is 4.01. The highest BCUT2D eigenvalue weighted by Gasteiger charge is 2.30. The summed E-state index contributed by atoms with van der Waals surface area (Å²) in [6.07, 6.45) is 1.15. The maximum absolute atomic E-state index is 12.6. The highest BCUT2D eigenvalue weighted by Crippen LogP contribution is 2.35. The Morgan fingerprint density at radius 1 is 1.17 bits per heavy atom. The molecule has 0 saturated heterocycles. The van der Waals surface area contributed by atoms with Gasteiger partial charge in [-0.3, -0.25) is 4.79 Å². The lowest BCUT2D eigenvalue weighted by atomic mass is 10.1. The van der Waals surface area contributed by atoms with Crippen molar-refractivity contribution >= 4 is 29.6 Å². The molecule has 1 N–H and O–H groups in total. The summed E-state index contributed by atoms with van der Waals surface area (Å²) in [6.45, 7) is 5.82. The number of rotatable bonds is 7. The fraction of sp³-hybridized carbons (Fsp3) is 0.500. The molecule has 1 fully saturated rings. The molecule has 1 aromatic rings. The average Bonchev–Trinajstić information content (AvgIpc) is 3.41. The van der Waals surface area contributed by atoms with Crippen LogP contribution >= 0.6 is 0 Å². The number of carboxylic acid groups (broad SMARTS) is 1. The topological polar surface area (TPSA) is 119 Å². The number of carboxylic acids is 1. The van der Waals surface area contributed by atoms with Crippen LogP contribution in [-0.2, 0) is 19.1 Å². The van der Waals surface area contributed by atoms with E-state index in [1.54, 1.807) is 20.8 Å². The molecule has 9 heteroatoms. The van der Waals surface area contributed by atoms with Gasteiger partial charge in [-0.2, -0.15) is 0 Å². The van der Waals surface area contributed by atoms with E-state index in [1.807, 2.05) is 0 Å². The normalized spacial score (nSPS) is 13.4. The van der Waals surface area contributed by atoms with E-state index in [2.05, 4.69) is 4.74 Å². The number of anilines is 1. The quantitative estimate of drug-likeness (QED) is 0.685. The van der Waals surface area contributed by atoms with Gasteiger partial charge in [-0.15, -0.1) is 0 Å². The molecule has 1 aliphatic carbocycles. The fourth-order valence-corrected chi connectivity index (χ4v) is 2.35. The highest BCUT2D eigenvalue weighted by molar-refractivity contribution is 6.12. The van der Waals surface area contributed by atoms with Crippen LogP contribution in [0.3, 0.4) is 0 Å². The van der Waals surface area contributed by atoms with Crippen LogP contribution in [0.15, 0.2) is 18.2 Å². The summed E-state index contributed by atoms with van der Waals surface area (Å²) in [7, 11) is 0. The molecule has 9 nitrogen and oxygen atoms in total. The van der Waals surface area contributed by atoms with Gasteiger partial charge in [0, 0.05) is 6.92 Å². The molecular formula is C20H25NO8. The number of hydrogen-bond donors (Lipinski definition) is 1. The van der Waals surface area contributed by atoms with Crippen molar-refractivity contribution in [3.63, 3.8) is 0 Å². The van der Waals surface area contributed by atoms with E-state index in [4.69, 9.17) is 14.6 Å². The first-order chi connectivity index (χ1) is 13.5. The number of amides is 2. The first-order valence-corrected chi connectivity index (χ1v) is 9.17. The maximum atomic E-state index is 12.6. The van der Waals surface area contributed by atoms with Crippen LogP contribution in [0, 0.1) is 5.92 Å². The molecule has 0 aliphatic heterocycles. The lowest BCUT2D eigenvalue weighted by molar-refractivity contribution is -0.140. The minimum atomic E-state index is -1.28. The number of aliphatic carboxylic acids is 1. The molecule has 0 radical (unpaired) electrons. The van der Waals surface area contributed by atoms with Gasteiger partial charge in [0.1, 0.15) is 11.4 Å². The molecular weight excluding hydrogens is 382 g/mol. The van der Waals surface area contributed by atoms with Crippen molar-refractivity contribution in [1.82, 2.24) is 0 Å². The van der Waals surface area contributed by atoms with E-state index < -0.39 is 36.1 Å². The van der Waals surface area contributed by atoms with E-state index in [1.165, 1.54) is 25.1 Å². The van der Waals surface area contributed by atoms with Gasteiger partial charge in [-0.1, -0.05) is 0 Å². The molecule has 2 amide bonds. The molecule has 0 spiro atoms. The number of imide groups is 1. The number of benzene rings is 1. The van der Waals surface area contributed by atoms with Crippen molar-refractivity contribution in [3.8, 4) is 5.75 Å². The van der Waals surface area contributed by atoms with Crippen LogP contribution in [0.4, 0.5) is 10.5 Å². The number of esters is 1. The second-order valence-corrected chi connectivity index (χ2v) is 7.74. The third kappa shape index (κ3) is 6.78. The molecule has 0 atom stereocenters. The Labute approximate surface area is 168 Å². The van der Waals surface area contributed by atoms with Crippen LogP contribution < -0.4 is 9.64 Å². The summed E-state index contributed by atoms with van der Waals surface area (Å²) < 4.78 is 15.7. The first kappa shape index (κ1) is 22.2. The molecule has 1 aromatic carbocycles. The lowest BCUT2D eigenvalue weighted by Crippen LogP contribution is -2.40. The van der Waals surface area contributed by atoms with Crippen LogP contribution in [0.1, 0.15) is 50.9 Å². The Bertz CT molecular complexity index is 807. The van der Waals surface area contributed by atoms with E-state index >= 15 is 0 Å². The predicted octanol–water partition coefficient (Wildman–Crippen LogP) is 3.00. The summed E-state index contributed by atoms with van der Waals surface area (Å²) in [5.74, 6) is -2.23. The Morgan fingerprint density at radius 2 is 1.83 bits per heavy atom. The zero-order valence-electron chi connectivity index (χ0n) is 16.9. The van der Waals surface area contributed by atoms with Crippen LogP contribution in [0.25, 0.3) is 0 Å². The zero-order valence-corrected chi connectivity index (χ0v) is 16.9. The van der Waals surface area contributed by atoms with Crippen LogP contribution in [0.5, 0.6) is 5.75 Å². The Hall–Kier alpha value is -3.10. The third-order valence-corrected chi connectivity index (χ3v) is 3.83. The molecule has 158 valence electrons. The van der Waals surface area contributed by atoms with Crippen LogP contribution in [0.2, 0.25) is 0 Å². The fourth-order valence-electron chi connectivity index (χ4n) is 2.35. The van der Waals surface area contributed by atoms with Crippen molar-refractivity contribution < 1.29 is 38.5 Å². The first-order valence-electron chi connectivity index (χ1n) is 9.17. The van der Waals surface area contributed by atoms with Crippen molar-refractivity contribution in [1.29, 1.82) is 0 Å². The molecule has 0 bridgehead atoms. The van der Waals surface area contributed by atoms with Crippen molar-refractivity contribution in [3.05, 3.63) is 23.8 Å². The van der Waals surface area contributed by atoms with Gasteiger partial charge in [-0.25, -0.2) is 19.3 Å². The van der Waals surface area contributed by atoms with E-state index in [-0.39, 0.29) is 17.0 Å². The smallest absolute Gasteiger partial charge is 0.421 e.